The molecular formula is C14H12F3NO4S. The molecule has 0 aliphatic heterocycles. The van der Waals surface area contributed by atoms with Crippen molar-refractivity contribution >= 4 is 15.7 Å². The summed E-state index contributed by atoms with van der Waals surface area (Å²) in [6, 6.07) is 10.2. The van der Waals surface area contributed by atoms with Crippen LogP contribution in [0.25, 0.3) is 0 Å². The molecule has 0 saturated heterocycles. The molecule has 2 rings (SSSR count). The van der Waals surface area contributed by atoms with E-state index in [1.807, 2.05) is 0 Å². The molecule has 0 saturated carbocycles. The van der Waals surface area contributed by atoms with Crippen molar-refractivity contribution in [3.63, 3.8) is 0 Å². The number of hydrogen-bond acceptors (Lipinski definition) is 4. The van der Waals surface area contributed by atoms with Crippen molar-refractivity contribution in [1.82, 2.24) is 0 Å². The summed E-state index contributed by atoms with van der Waals surface area (Å²) < 4.78 is 67.5. The van der Waals surface area contributed by atoms with Crippen LogP contribution in [0.2, 0.25) is 0 Å². The maximum Gasteiger partial charge on any atom is 0.573 e. The highest BCUT2D eigenvalue weighted by Crippen LogP contribution is 2.30. The van der Waals surface area contributed by atoms with Gasteiger partial charge in [0.05, 0.1) is 6.61 Å². The van der Waals surface area contributed by atoms with Crippen molar-refractivity contribution in [2.45, 2.75) is 17.9 Å². The minimum atomic E-state index is -5.01. The first-order chi connectivity index (χ1) is 10.7. The number of sulfonamides is 1. The zero-order valence-corrected chi connectivity index (χ0v) is 12.4. The van der Waals surface area contributed by atoms with Gasteiger partial charge in [-0.05, 0) is 29.8 Å². The normalized spacial score (nSPS) is 12.0. The Labute approximate surface area is 130 Å². The lowest BCUT2D eigenvalue weighted by Gasteiger charge is -2.14. The Balaban J connectivity index is 2.32. The molecule has 2 aromatic rings. The molecule has 2 N–H and O–H groups in total. The maximum atomic E-state index is 12.4. The number of ether oxygens (including phenoxy) is 1. The van der Waals surface area contributed by atoms with Gasteiger partial charge in [0.2, 0.25) is 0 Å². The molecule has 9 heteroatoms. The number of hydrogen-bond donors (Lipinski definition) is 2. The number of alkyl halides is 3. The maximum absolute atomic E-state index is 12.4. The first-order valence-corrected chi connectivity index (χ1v) is 7.77. The summed E-state index contributed by atoms with van der Waals surface area (Å²) in [5, 5.41) is 8.92. The average molecular weight is 347 g/mol. The number of aliphatic hydroxyl groups is 1. The number of benzene rings is 2. The third-order valence-corrected chi connectivity index (χ3v) is 4.17. The molecule has 0 heterocycles. The second kappa shape index (κ2) is 6.47. The van der Waals surface area contributed by atoms with Crippen molar-refractivity contribution in [3.8, 4) is 5.75 Å². The first kappa shape index (κ1) is 17.1. The Morgan fingerprint density at radius 2 is 1.65 bits per heavy atom. The SMILES string of the molecule is O=S(=O)(Nc1ccc(CO)cc1)c1ccccc1OC(F)(F)F. The summed E-state index contributed by atoms with van der Waals surface area (Å²) in [6.45, 7) is -0.213. The van der Waals surface area contributed by atoms with Gasteiger partial charge in [0, 0.05) is 5.69 Å². The van der Waals surface area contributed by atoms with E-state index < -0.39 is 27.0 Å². The van der Waals surface area contributed by atoms with Crippen LogP contribution in [0.15, 0.2) is 53.4 Å². The van der Waals surface area contributed by atoms with Crippen molar-refractivity contribution < 1.29 is 31.4 Å². The average Bonchev–Trinajstić information content (AvgIpc) is 2.46. The highest BCUT2D eigenvalue weighted by Gasteiger charge is 2.34. The number of anilines is 1. The monoisotopic (exact) mass is 347 g/mol. The molecule has 0 aliphatic rings. The van der Waals surface area contributed by atoms with Crippen LogP contribution >= 0.6 is 0 Å². The second-order valence-corrected chi connectivity index (χ2v) is 6.11. The predicted molar refractivity (Wildman–Crippen MR) is 76.3 cm³/mol. The van der Waals surface area contributed by atoms with Gasteiger partial charge in [-0.15, -0.1) is 13.2 Å². The Kier molecular flexibility index (Phi) is 4.81. The Bertz CT molecular complexity index is 773. The van der Waals surface area contributed by atoms with Gasteiger partial charge in [0.15, 0.2) is 0 Å². The minimum Gasteiger partial charge on any atom is -0.404 e. The third kappa shape index (κ3) is 4.60. The van der Waals surface area contributed by atoms with Gasteiger partial charge < -0.3 is 9.84 Å². The lowest BCUT2D eigenvalue weighted by atomic mass is 10.2. The summed E-state index contributed by atoms with van der Waals surface area (Å²) in [5.41, 5.74) is 0.706. The van der Waals surface area contributed by atoms with Crippen molar-refractivity contribution in [3.05, 3.63) is 54.1 Å². The Morgan fingerprint density at radius 1 is 1.04 bits per heavy atom. The number of nitrogens with one attached hydrogen (secondary N) is 1. The highest BCUT2D eigenvalue weighted by atomic mass is 32.2. The molecule has 124 valence electrons. The number of para-hydroxylation sites is 1. The Hall–Kier alpha value is -2.26. The molecular weight excluding hydrogens is 335 g/mol. The Morgan fingerprint density at radius 3 is 2.22 bits per heavy atom. The fraction of sp³-hybridized carbons (Fsp3) is 0.143. The van der Waals surface area contributed by atoms with Crippen LogP contribution in [0, 0.1) is 0 Å². The molecule has 0 atom stereocenters. The molecule has 0 aromatic heterocycles. The van der Waals surface area contributed by atoms with Crippen molar-refractivity contribution in [1.29, 1.82) is 0 Å². The topological polar surface area (TPSA) is 75.6 Å². The molecule has 0 fully saturated rings. The van der Waals surface area contributed by atoms with Gasteiger partial charge in [0.1, 0.15) is 10.6 Å². The van der Waals surface area contributed by atoms with Crippen LogP contribution in [0.4, 0.5) is 18.9 Å². The van der Waals surface area contributed by atoms with E-state index in [0.717, 1.165) is 12.1 Å². The molecule has 2 aromatic carbocycles. The third-order valence-electron chi connectivity index (χ3n) is 2.75. The van der Waals surface area contributed by atoms with Gasteiger partial charge in [-0.25, -0.2) is 8.42 Å². The summed E-state index contributed by atoms with van der Waals surface area (Å²) in [6.07, 6.45) is -5.01. The predicted octanol–water partition coefficient (Wildman–Crippen LogP) is 2.88. The van der Waals surface area contributed by atoms with Crippen molar-refractivity contribution in [2.24, 2.45) is 0 Å². The summed E-state index contributed by atoms with van der Waals surface area (Å²) in [5.74, 6) is -0.820. The van der Waals surface area contributed by atoms with Gasteiger partial charge in [0.25, 0.3) is 10.0 Å². The zero-order chi connectivity index (χ0) is 17.1. The van der Waals surface area contributed by atoms with Gasteiger partial charge in [-0.3, -0.25) is 4.72 Å². The zero-order valence-electron chi connectivity index (χ0n) is 11.5. The van der Waals surface area contributed by atoms with Crippen LogP contribution in [0.1, 0.15) is 5.56 Å². The van der Waals surface area contributed by atoms with E-state index >= 15 is 0 Å². The number of halogens is 3. The smallest absolute Gasteiger partial charge is 0.404 e. The fourth-order valence-corrected chi connectivity index (χ4v) is 2.96. The van der Waals surface area contributed by atoms with E-state index in [0.29, 0.717) is 5.56 Å². The second-order valence-electron chi connectivity index (χ2n) is 4.46. The summed E-state index contributed by atoms with van der Waals surface area (Å²) in [4.78, 5) is -0.636. The van der Waals surface area contributed by atoms with E-state index in [1.165, 1.54) is 36.4 Å². The first-order valence-electron chi connectivity index (χ1n) is 6.29. The molecule has 0 radical (unpaired) electrons. The van der Waals surface area contributed by atoms with Gasteiger partial charge in [-0.2, -0.15) is 0 Å². The summed E-state index contributed by atoms with van der Waals surface area (Å²) >= 11 is 0. The van der Waals surface area contributed by atoms with Crippen LogP contribution < -0.4 is 9.46 Å². The molecule has 5 nitrogen and oxygen atoms in total. The van der Waals surface area contributed by atoms with E-state index in [9.17, 15) is 21.6 Å². The van der Waals surface area contributed by atoms with Crippen LogP contribution in [0.3, 0.4) is 0 Å². The van der Waals surface area contributed by atoms with Crippen molar-refractivity contribution in [2.75, 3.05) is 4.72 Å². The minimum absolute atomic E-state index is 0.143. The molecule has 0 spiro atoms. The van der Waals surface area contributed by atoms with E-state index in [1.54, 1.807) is 0 Å². The largest absolute Gasteiger partial charge is 0.573 e. The summed E-state index contributed by atoms with van der Waals surface area (Å²) in [7, 11) is -4.27. The van der Waals surface area contributed by atoms with Crippen LogP contribution in [-0.2, 0) is 16.6 Å². The lowest BCUT2D eigenvalue weighted by molar-refractivity contribution is -0.275. The van der Waals surface area contributed by atoms with Gasteiger partial charge >= 0.3 is 6.36 Å². The van der Waals surface area contributed by atoms with Crippen LogP contribution in [-0.4, -0.2) is 19.9 Å². The van der Waals surface area contributed by atoms with Crippen LogP contribution in [0.5, 0.6) is 5.75 Å². The van der Waals surface area contributed by atoms with Gasteiger partial charge in [-0.1, -0.05) is 24.3 Å². The molecule has 0 aliphatic carbocycles. The quantitative estimate of drug-likeness (QED) is 0.872. The molecule has 0 unspecified atom stereocenters. The van der Waals surface area contributed by atoms with E-state index in [2.05, 4.69) is 9.46 Å². The fourth-order valence-electron chi connectivity index (χ4n) is 1.77. The molecule has 0 bridgehead atoms. The molecule has 0 amide bonds. The number of rotatable bonds is 5. The van der Waals surface area contributed by atoms with E-state index in [-0.39, 0.29) is 12.3 Å². The number of aliphatic hydroxyl groups excluding tert-OH is 1. The highest BCUT2D eigenvalue weighted by molar-refractivity contribution is 7.92. The van der Waals surface area contributed by atoms with E-state index in [4.69, 9.17) is 5.11 Å². The standard InChI is InChI=1S/C14H12F3NO4S/c15-14(16,17)22-12-3-1-2-4-13(12)23(20,21)18-11-7-5-10(9-19)6-8-11/h1-8,18-19H,9H2. The molecule has 23 heavy (non-hydrogen) atoms. The lowest BCUT2D eigenvalue weighted by Crippen LogP contribution is -2.20.